The van der Waals surface area contributed by atoms with E-state index >= 15 is 0 Å². The quantitative estimate of drug-likeness (QED) is 0.627. The molecule has 1 atom stereocenters. The zero-order chi connectivity index (χ0) is 9.41. The molecule has 1 heterocycles. The van der Waals surface area contributed by atoms with Gasteiger partial charge in [-0.15, -0.1) is 0 Å². The van der Waals surface area contributed by atoms with Gasteiger partial charge in [-0.1, -0.05) is 0 Å². The molecule has 0 amide bonds. The second-order valence-corrected chi connectivity index (χ2v) is 5.03. The Bertz CT molecular complexity index is 293. The highest BCUT2D eigenvalue weighted by molar-refractivity contribution is 7.91. The van der Waals surface area contributed by atoms with Crippen LogP contribution in [0.5, 0.6) is 0 Å². The van der Waals surface area contributed by atoms with Crippen LogP contribution in [0.25, 0.3) is 0 Å². The van der Waals surface area contributed by atoms with Crippen LogP contribution in [-0.2, 0) is 19.4 Å². The Labute approximate surface area is 70.3 Å². The summed E-state index contributed by atoms with van der Waals surface area (Å²) in [5.74, 6) is -1.72. The Morgan fingerprint density at radius 1 is 1.58 bits per heavy atom. The third kappa shape index (κ3) is 1.44. The van der Waals surface area contributed by atoms with E-state index in [2.05, 4.69) is 0 Å². The molecule has 1 unspecified atom stereocenters. The Morgan fingerprint density at radius 3 is 2.33 bits per heavy atom. The van der Waals surface area contributed by atoms with Crippen LogP contribution in [0.2, 0.25) is 0 Å². The largest absolute Gasteiger partial charge is 0.479 e. The Balaban J connectivity index is 2.95. The van der Waals surface area contributed by atoms with Crippen molar-refractivity contribution in [2.45, 2.75) is 12.0 Å². The molecule has 1 fully saturated rings. The average Bonchev–Trinajstić information content (AvgIpc) is 2.27. The van der Waals surface area contributed by atoms with Gasteiger partial charge in [0.1, 0.15) is 0 Å². The van der Waals surface area contributed by atoms with Gasteiger partial charge in [-0.2, -0.15) is 0 Å². The minimum absolute atomic E-state index is 0.0428. The zero-order valence-electron chi connectivity index (χ0n) is 6.61. The second-order valence-electron chi connectivity index (χ2n) is 2.85. The lowest BCUT2D eigenvalue weighted by Crippen LogP contribution is -2.41. The van der Waals surface area contributed by atoms with Gasteiger partial charge in [-0.05, 0) is 0 Å². The van der Waals surface area contributed by atoms with E-state index in [0.717, 1.165) is 0 Å². The van der Waals surface area contributed by atoms with Crippen LogP contribution in [0.4, 0.5) is 0 Å². The van der Waals surface area contributed by atoms with Gasteiger partial charge in [0.2, 0.25) is 0 Å². The first kappa shape index (κ1) is 9.47. The number of ether oxygens (including phenoxy) is 1. The fourth-order valence-electron chi connectivity index (χ4n) is 1.24. The third-order valence-electron chi connectivity index (χ3n) is 2.05. The van der Waals surface area contributed by atoms with E-state index in [0.29, 0.717) is 0 Å². The maximum atomic E-state index is 11.0. The molecule has 1 aliphatic heterocycles. The fraction of sp³-hybridized carbons (Fsp3) is 0.833. The Kier molecular flexibility index (Phi) is 2.13. The van der Waals surface area contributed by atoms with Gasteiger partial charge >= 0.3 is 5.97 Å². The van der Waals surface area contributed by atoms with Crippen molar-refractivity contribution in [3.63, 3.8) is 0 Å². The summed E-state index contributed by atoms with van der Waals surface area (Å²) in [4.78, 5) is 10.7. The number of aliphatic carboxylic acids is 1. The van der Waals surface area contributed by atoms with E-state index in [1.165, 1.54) is 7.11 Å². The van der Waals surface area contributed by atoms with E-state index in [4.69, 9.17) is 9.84 Å². The molecule has 0 aromatic carbocycles. The molecule has 1 saturated heterocycles. The molecular formula is C6H10O5S. The van der Waals surface area contributed by atoms with Crippen LogP contribution < -0.4 is 0 Å². The molecule has 0 aliphatic carbocycles. The molecule has 0 saturated carbocycles. The van der Waals surface area contributed by atoms with Crippen LogP contribution in [0.3, 0.4) is 0 Å². The highest BCUT2D eigenvalue weighted by atomic mass is 32.2. The molecule has 5 nitrogen and oxygen atoms in total. The van der Waals surface area contributed by atoms with Gasteiger partial charge < -0.3 is 9.84 Å². The Morgan fingerprint density at radius 2 is 2.17 bits per heavy atom. The predicted octanol–water partition coefficient (Wildman–Crippen LogP) is -0.725. The number of methoxy groups -OCH3 is 1. The standard InChI is InChI=1S/C6H10O5S/c1-11-6(5(7)8)2-3-12(9,10)4-6/h2-4H2,1H3,(H,7,8). The van der Waals surface area contributed by atoms with Gasteiger partial charge in [0, 0.05) is 13.5 Å². The number of hydrogen-bond acceptors (Lipinski definition) is 4. The first-order valence-corrected chi connectivity index (χ1v) is 5.23. The van der Waals surface area contributed by atoms with Crippen LogP contribution in [0.15, 0.2) is 0 Å². The van der Waals surface area contributed by atoms with E-state index in [1.54, 1.807) is 0 Å². The van der Waals surface area contributed by atoms with Crippen molar-refractivity contribution in [2.75, 3.05) is 18.6 Å². The third-order valence-corrected chi connectivity index (χ3v) is 3.78. The van der Waals surface area contributed by atoms with Crippen LogP contribution in [0.1, 0.15) is 6.42 Å². The average molecular weight is 194 g/mol. The van der Waals surface area contributed by atoms with Crippen molar-refractivity contribution >= 4 is 15.8 Å². The van der Waals surface area contributed by atoms with Crippen molar-refractivity contribution in [3.05, 3.63) is 0 Å². The molecule has 0 aromatic heterocycles. The van der Waals surface area contributed by atoms with Gasteiger partial charge in [0.15, 0.2) is 15.4 Å². The summed E-state index contributed by atoms with van der Waals surface area (Å²) in [5.41, 5.74) is -1.50. The van der Waals surface area contributed by atoms with Crippen molar-refractivity contribution in [1.29, 1.82) is 0 Å². The molecular weight excluding hydrogens is 184 g/mol. The lowest BCUT2D eigenvalue weighted by molar-refractivity contribution is -0.159. The molecule has 1 aliphatic rings. The molecule has 0 aromatic rings. The predicted molar refractivity (Wildman–Crippen MR) is 40.6 cm³/mol. The van der Waals surface area contributed by atoms with Gasteiger partial charge in [0.05, 0.1) is 11.5 Å². The second kappa shape index (κ2) is 2.70. The summed E-state index contributed by atoms with van der Waals surface area (Å²) in [6, 6.07) is 0. The Hall–Kier alpha value is -0.620. The van der Waals surface area contributed by atoms with E-state index in [1.807, 2.05) is 0 Å². The lowest BCUT2D eigenvalue weighted by atomic mass is 10.0. The summed E-state index contributed by atoms with van der Waals surface area (Å²) in [6.45, 7) is 0. The maximum absolute atomic E-state index is 11.0. The minimum Gasteiger partial charge on any atom is -0.479 e. The van der Waals surface area contributed by atoms with E-state index in [-0.39, 0.29) is 12.2 Å². The summed E-state index contributed by atoms with van der Waals surface area (Å²) >= 11 is 0. The van der Waals surface area contributed by atoms with Crippen LogP contribution in [-0.4, -0.2) is 43.7 Å². The molecule has 1 N–H and O–H groups in total. The molecule has 0 radical (unpaired) electrons. The summed E-state index contributed by atoms with van der Waals surface area (Å²) in [5, 5.41) is 8.71. The molecule has 12 heavy (non-hydrogen) atoms. The number of carboxylic acid groups (broad SMARTS) is 1. The monoisotopic (exact) mass is 194 g/mol. The number of hydrogen-bond donors (Lipinski definition) is 1. The molecule has 0 bridgehead atoms. The van der Waals surface area contributed by atoms with Crippen molar-refractivity contribution < 1.29 is 23.1 Å². The van der Waals surface area contributed by atoms with Gasteiger partial charge in [-0.25, -0.2) is 13.2 Å². The summed E-state index contributed by atoms with van der Waals surface area (Å²) in [6.07, 6.45) is 0.0428. The van der Waals surface area contributed by atoms with Crippen LogP contribution in [0, 0.1) is 0 Å². The first-order chi connectivity index (χ1) is 5.42. The highest BCUT2D eigenvalue weighted by Gasteiger charge is 2.48. The number of sulfone groups is 1. The SMILES string of the molecule is COC1(C(=O)O)CCS(=O)(=O)C1. The van der Waals surface area contributed by atoms with Gasteiger partial charge in [0.25, 0.3) is 0 Å². The molecule has 1 rings (SSSR count). The topological polar surface area (TPSA) is 80.7 Å². The van der Waals surface area contributed by atoms with E-state index < -0.39 is 27.2 Å². The van der Waals surface area contributed by atoms with Crippen molar-refractivity contribution in [1.82, 2.24) is 0 Å². The van der Waals surface area contributed by atoms with Crippen molar-refractivity contribution in [2.24, 2.45) is 0 Å². The fourth-order valence-corrected chi connectivity index (χ4v) is 3.12. The van der Waals surface area contributed by atoms with Gasteiger partial charge in [-0.3, -0.25) is 0 Å². The number of carbonyl (C=O) groups is 1. The maximum Gasteiger partial charge on any atom is 0.337 e. The summed E-state index contributed by atoms with van der Waals surface area (Å²) < 4.78 is 26.6. The normalized spacial score (nSPS) is 33.4. The molecule has 0 spiro atoms. The number of rotatable bonds is 2. The van der Waals surface area contributed by atoms with Crippen LogP contribution >= 0.6 is 0 Å². The first-order valence-electron chi connectivity index (χ1n) is 3.41. The smallest absolute Gasteiger partial charge is 0.337 e. The molecule has 70 valence electrons. The minimum atomic E-state index is -3.22. The highest BCUT2D eigenvalue weighted by Crippen LogP contribution is 2.26. The lowest BCUT2D eigenvalue weighted by Gasteiger charge is -2.19. The summed E-state index contributed by atoms with van der Waals surface area (Å²) in [7, 11) is -2.00. The zero-order valence-corrected chi connectivity index (χ0v) is 7.43. The number of carboxylic acids is 1. The van der Waals surface area contributed by atoms with E-state index in [9.17, 15) is 13.2 Å². The van der Waals surface area contributed by atoms with Crippen molar-refractivity contribution in [3.8, 4) is 0 Å². The molecule has 6 heteroatoms.